The molecule has 0 saturated carbocycles. The zero-order valence-electron chi connectivity index (χ0n) is 8.90. The van der Waals surface area contributed by atoms with Crippen molar-refractivity contribution in [3.63, 3.8) is 0 Å². The molecular formula is C11H14FN3O. The number of halogens is 1. The molecule has 2 heterocycles. The van der Waals surface area contributed by atoms with Crippen molar-refractivity contribution in [1.82, 2.24) is 9.88 Å². The maximum absolute atomic E-state index is 13.3. The fourth-order valence-corrected chi connectivity index (χ4v) is 1.91. The van der Waals surface area contributed by atoms with Gasteiger partial charge in [0, 0.05) is 25.3 Å². The smallest absolute Gasteiger partial charge is 0.258 e. The molecule has 5 heteroatoms. The molecule has 1 saturated heterocycles. The molecule has 0 spiro atoms. The van der Waals surface area contributed by atoms with Crippen LogP contribution in [0.3, 0.4) is 0 Å². The number of hydrogen-bond acceptors (Lipinski definition) is 3. The highest BCUT2D eigenvalue weighted by molar-refractivity contribution is 5.94. The van der Waals surface area contributed by atoms with Crippen LogP contribution in [0.5, 0.6) is 0 Å². The number of carbonyl (C=O) groups is 1. The number of carbonyl (C=O) groups excluding carboxylic acids is 1. The van der Waals surface area contributed by atoms with Crippen molar-refractivity contribution in [3.8, 4) is 0 Å². The van der Waals surface area contributed by atoms with Gasteiger partial charge in [-0.3, -0.25) is 4.79 Å². The average Bonchev–Trinajstić information content (AvgIpc) is 2.29. The molecule has 0 aromatic carbocycles. The van der Waals surface area contributed by atoms with Gasteiger partial charge in [0.05, 0.1) is 5.56 Å². The molecule has 1 amide bonds. The highest BCUT2D eigenvalue weighted by Crippen LogP contribution is 2.13. The Bertz CT molecular complexity index is 397. The summed E-state index contributed by atoms with van der Waals surface area (Å²) in [6, 6.07) is 3.00. The van der Waals surface area contributed by atoms with E-state index in [1.54, 1.807) is 11.0 Å². The molecule has 1 aliphatic rings. The quantitative estimate of drug-likeness (QED) is 0.716. The molecule has 2 rings (SSSR count). The zero-order chi connectivity index (χ0) is 11.5. The summed E-state index contributed by atoms with van der Waals surface area (Å²) < 4.78 is 13.3. The zero-order valence-corrected chi connectivity index (χ0v) is 8.90. The Morgan fingerprint density at radius 3 is 3.12 bits per heavy atom. The highest BCUT2D eigenvalue weighted by Gasteiger charge is 2.24. The standard InChI is InChI=1S/C11H14FN3O/c12-10-9(4-1-5-14-10)11(16)15-6-2-3-8(13)7-15/h1,4-5,8H,2-3,6-7,13H2/t8-/m1/s1. The van der Waals surface area contributed by atoms with E-state index in [0.717, 1.165) is 12.8 Å². The Balaban J connectivity index is 2.16. The predicted molar refractivity (Wildman–Crippen MR) is 57.3 cm³/mol. The number of piperidine rings is 1. The number of aromatic nitrogens is 1. The number of pyridine rings is 1. The van der Waals surface area contributed by atoms with Gasteiger partial charge >= 0.3 is 0 Å². The van der Waals surface area contributed by atoms with Crippen LogP contribution in [0.15, 0.2) is 18.3 Å². The Morgan fingerprint density at radius 1 is 1.62 bits per heavy atom. The van der Waals surface area contributed by atoms with Gasteiger partial charge in [0.2, 0.25) is 5.95 Å². The van der Waals surface area contributed by atoms with Gasteiger partial charge < -0.3 is 10.6 Å². The molecule has 2 N–H and O–H groups in total. The third-order valence-electron chi connectivity index (χ3n) is 2.73. The second-order valence-corrected chi connectivity index (χ2v) is 4.00. The SMILES string of the molecule is N[C@@H]1CCCN(C(=O)c2cccnc2F)C1. The van der Waals surface area contributed by atoms with Crippen molar-refractivity contribution < 1.29 is 9.18 Å². The predicted octanol–water partition coefficient (Wildman–Crippen LogP) is 0.784. The van der Waals surface area contributed by atoms with Gasteiger partial charge in [0.1, 0.15) is 0 Å². The lowest BCUT2D eigenvalue weighted by atomic mass is 10.1. The van der Waals surface area contributed by atoms with Crippen LogP contribution in [0.1, 0.15) is 23.2 Å². The Morgan fingerprint density at radius 2 is 2.44 bits per heavy atom. The average molecular weight is 223 g/mol. The summed E-state index contributed by atoms with van der Waals surface area (Å²) in [6.07, 6.45) is 3.11. The first kappa shape index (κ1) is 11.0. The van der Waals surface area contributed by atoms with Crippen molar-refractivity contribution in [2.75, 3.05) is 13.1 Å². The molecule has 1 atom stereocenters. The van der Waals surface area contributed by atoms with Gasteiger partial charge in [-0.15, -0.1) is 0 Å². The van der Waals surface area contributed by atoms with Crippen molar-refractivity contribution in [2.45, 2.75) is 18.9 Å². The van der Waals surface area contributed by atoms with Crippen molar-refractivity contribution in [1.29, 1.82) is 0 Å². The topological polar surface area (TPSA) is 59.2 Å². The first-order valence-corrected chi connectivity index (χ1v) is 5.34. The lowest BCUT2D eigenvalue weighted by Gasteiger charge is -2.30. The maximum atomic E-state index is 13.3. The minimum absolute atomic E-state index is 0.00238. The largest absolute Gasteiger partial charge is 0.337 e. The van der Waals surface area contributed by atoms with E-state index >= 15 is 0 Å². The van der Waals surface area contributed by atoms with E-state index in [0.29, 0.717) is 13.1 Å². The minimum atomic E-state index is -0.716. The van der Waals surface area contributed by atoms with Crippen LogP contribution in [0.25, 0.3) is 0 Å². The van der Waals surface area contributed by atoms with Crippen LogP contribution in [0, 0.1) is 5.95 Å². The maximum Gasteiger partial charge on any atom is 0.258 e. The fourth-order valence-electron chi connectivity index (χ4n) is 1.91. The lowest BCUT2D eigenvalue weighted by Crippen LogP contribution is -2.45. The molecule has 86 valence electrons. The van der Waals surface area contributed by atoms with Gasteiger partial charge in [-0.1, -0.05) is 0 Å². The van der Waals surface area contributed by atoms with E-state index in [-0.39, 0.29) is 17.5 Å². The number of rotatable bonds is 1. The van der Waals surface area contributed by atoms with E-state index < -0.39 is 5.95 Å². The van der Waals surface area contributed by atoms with E-state index in [9.17, 15) is 9.18 Å². The second kappa shape index (κ2) is 4.57. The minimum Gasteiger partial charge on any atom is -0.337 e. The molecule has 1 aromatic heterocycles. The van der Waals surface area contributed by atoms with Crippen molar-refractivity contribution in [2.24, 2.45) is 5.73 Å². The van der Waals surface area contributed by atoms with Gasteiger partial charge in [0.25, 0.3) is 5.91 Å². The molecule has 0 unspecified atom stereocenters. The molecule has 0 radical (unpaired) electrons. The van der Waals surface area contributed by atoms with Crippen LogP contribution in [-0.4, -0.2) is 34.9 Å². The van der Waals surface area contributed by atoms with Crippen LogP contribution in [0.4, 0.5) is 4.39 Å². The molecule has 0 aliphatic carbocycles. The van der Waals surface area contributed by atoms with E-state index in [1.165, 1.54) is 12.3 Å². The van der Waals surface area contributed by atoms with Crippen LogP contribution < -0.4 is 5.73 Å². The Hall–Kier alpha value is -1.49. The van der Waals surface area contributed by atoms with E-state index in [1.807, 2.05) is 0 Å². The normalized spacial score (nSPS) is 20.9. The first-order valence-electron chi connectivity index (χ1n) is 5.34. The lowest BCUT2D eigenvalue weighted by molar-refractivity contribution is 0.0703. The summed E-state index contributed by atoms with van der Waals surface area (Å²) in [5, 5.41) is 0. The molecule has 1 fully saturated rings. The number of hydrogen-bond donors (Lipinski definition) is 1. The summed E-state index contributed by atoms with van der Waals surface area (Å²) in [7, 11) is 0. The summed E-state index contributed by atoms with van der Waals surface area (Å²) in [6.45, 7) is 1.13. The number of nitrogens with two attached hydrogens (primary N) is 1. The third-order valence-corrected chi connectivity index (χ3v) is 2.73. The van der Waals surface area contributed by atoms with Crippen LogP contribution in [0.2, 0.25) is 0 Å². The molecule has 16 heavy (non-hydrogen) atoms. The summed E-state index contributed by atoms with van der Waals surface area (Å²) >= 11 is 0. The Kier molecular flexibility index (Phi) is 3.14. The third kappa shape index (κ3) is 2.19. The second-order valence-electron chi connectivity index (χ2n) is 4.00. The van der Waals surface area contributed by atoms with Crippen LogP contribution >= 0.6 is 0 Å². The van der Waals surface area contributed by atoms with Gasteiger partial charge in [-0.25, -0.2) is 4.98 Å². The molecular weight excluding hydrogens is 209 g/mol. The van der Waals surface area contributed by atoms with Gasteiger partial charge in [-0.2, -0.15) is 4.39 Å². The number of amides is 1. The summed E-state index contributed by atoms with van der Waals surface area (Å²) in [5.41, 5.74) is 5.80. The summed E-state index contributed by atoms with van der Waals surface area (Å²) in [5.74, 6) is -1.03. The molecule has 1 aliphatic heterocycles. The van der Waals surface area contributed by atoms with E-state index in [2.05, 4.69) is 4.98 Å². The van der Waals surface area contributed by atoms with E-state index in [4.69, 9.17) is 5.73 Å². The van der Waals surface area contributed by atoms with Gasteiger partial charge in [-0.05, 0) is 25.0 Å². The molecule has 0 bridgehead atoms. The first-order chi connectivity index (χ1) is 7.68. The summed E-state index contributed by atoms with van der Waals surface area (Å²) in [4.78, 5) is 17.0. The number of likely N-dealkylation sites (tertiary alicyclic amines) is 1. The Labute approximate surface area is 93.3 Å². The highest BCUT2D eigenvalue weighted by atomic mass is 19.1. The van der Waals surface area contributed by atoms with Crippen LogP contribution in [-0.2, 0) is 0 Å². The molecule has 4 nitrogen and oxygen atoms in total. The monoisotopic (exact) mass is 223 g/mol. The molecule has 1 aromatic rings. The fraction of sp³-hybridized carbons (Fsp3) is 0.455. The number of nitrogens with zero attached hydrogens (tertiary/aromatic N) is 2. The van der Waals surface area contributed by atoms with Crippen molar-refractivity contribution in [3.05, 3.63) is 29.8 Å². The van der Waals surface area contributed by atoms with Gasteiger partial charge in [0.15, 0.2) is 0 Å². The van der Waals surface area contributed by atoms with Crippen molar-refractivity contribution >= 4 is 5.91 Å².